The average molecular weight is 462 g/mol. The van der Waals surface area contributed by atoms with Gasteiger partial charge in [0.25, 0.3) is 11.8 Å². The number of nitrogens with one attached hydrogen (secondary N) is 3. The molecule has 0 aliphatic rings. The van der Waals surface area contributed by atoms with E-state index in [0.29, 0.717) is 41.6 Å². The van der Waals surface area contributed by atoms with Gasteiger partial charge in [-0.25, -0.2) is 0 Å². The van der Waals surface area contributed by atoms with Crippen molar-refractivity contribution in [2.45, 2.75) is 20.4 Å². The first-order valence-electron chi connectivity index (χ1n) is 10.7. The van der Waals surface area contributed by atoms with E-state index in [0.717, 1.165) is 5.56 Å². The second-order valence-corrected chi connectivity index (χ2v) is 8.27. The topological polar surface area (TPSA) is 79.5 Å². The van der Waals surface area contributed by atoms with Crippen LogP contribution in [0.25, 0.3) is 0 Å². The van der Waals surface area contributed by atoms with E-state index in [1.807, 2.05) is 50.2 Å². The van der Waals surface area contributed by atoms with Crippen LogP contribution in [0.5, 0.6) is 5.75 Å². The molecule has 7 heteroatoms. The second-order valence-electron chi connectivity index (χ2n) is 7.86. The summed E-state index contributed by atoms with van der Waals surface area (Å²) >= 11 is 5.30. The van der Waals surface area contributed by atoms with Gasteiger partial charge in [0.1, 0.15) is 5.75 Å². The predicted octanol–water partition coefficient (Wildman–Crippen LogP) is 4.78. The molecular weight excluding hydrogens is 434 g/mol. The first kappa shape index (κ1) is 23.9. The number of hydrogen-bond acceptors (Lipinski definition) is 4. The molecule has 33 heavy (non-hydrogen) atoms. The fourth-order valence-electron chi connectivity index (χ4n) is 2.99. The fourth-order valence-corrected chi connectivity index (χ4v) is 3.20. The third-order valence-corrected chi connectivity index (χ3v) is 4.81. The van der Waals surface area contributed by atoms with E-state index in [9.17, 15) is 9.59 Å². The lowest BCUT2D eigenvalue weighted by atomic mass is 10.1. The molecule has 0 atom stereocenters. The van der Waals surface area contributed by atoms with E-state index < -0.39 is 0 Å². The minimum absolute atomic E-state index is 0.125. The van der Waals surface area contributed by atoms with Gasteiger partial charge in [-0.2, -0.15) is 0 Å². The summed E-state index contributed by atoms with van der Waals surface area (Å²) in [4.78, 5) is 25.2. The Labute approximate surface area is 199 Å². The van der Waals surface area contributed by atoms with Crippen molar-refractivity contribution in [2.24, 2.45) is 5.92 Å². The zero-order chi connectivity index (χ0) is 23.6. The molecule has 0 aliphatic carbocycles. The predicted molar refractivity (Wildman–Crippen MR) is 135 cm³/mol. The van der Waals surface area contributed by atoms with E-state index in [2.05, 4.69) is 16.0 Å². The average Bonchev–Trinajstić information content (AvgIpc) is 2.82. The molecule has 0 fully saturated rings. The quantitative estimate of drug-likeness (QED) is 0.421. The lowest BCUT2D eigenvalue weighted by molar-refractivity contribution is 0.0948. The number of benzene rings is 3. The summed E-state index contributed by atoms with van der Waals surface area (Å²) in [5.74, 6) is 0.266. The van der Waals surface area contributed by atoms with Gasteiger partial charge in [0.05, 0.1) is 12.2 Å². The number of carbonyl (C=O) groups is 2. The Kier molecular flexibility index (Phi) is 8.55. The Morgan fingerprint density at radius 3 is 2.39 bits per heavy atom. The van der Waals surface area contributed by atoms with Crippen molar-refractivity contribution >= 4 is 34.8 Å². The van der Waals surface area contributed by atoms with Crippen LogP contribution in [0.3, 0.4) is 0 Å². The molecular formula is C26H27N3O3S. The van der Waals surface area contributed by atoms with Gasteiger partial charge in [-0.3, -0.25) is 14.9 Å². The fraction of sp³-hybridized carbons (Fsp3) is 0.192. The third kappa shape index (κ3) is 7.43. The van der Waals surface area contributed by atoms with Crippen LogP contribution in [0.15, 0.2) is 78.9 Å². The van der Waals surface area contributed by atoms with Crippen molar-refractivity contribution in [3.05, 3.63) is 95.6 Å². The van der Waals surface area contributed by atoms with Crippen LogP contribution in [0.4, 0.5) is 5.69 Å². The van der Waals surface area contributed by atoms with Crippen molar-refractivity contribution in [3.8, 4) is 5.75 Å². The van der Waals surface area contributed by atoms with Crippen LogP contribution in [-0.4, -0.2) is 23.5 Å². The molecule has 3 aromatic rings. The molecule has 0 radical (unpaired) electrons. The minimum atomic E-state index is -0.372. The van der Waals surface area contributed by atoms with Gasteiger partial charge in [0.15, 0.2) is 5.11 Å². The number of carbonyl (C=O) groups excluding carboxylic acids is 2. The number of amides is 2. The summed E-state index contributed by atoms with van der Waals surface area (Å²) in [6.45, 7) is 5.02. The minimum Gasteiger partial charge on any atom is -0.492 e. The van der Waals surface area contributed by atoms with E-state index in [-0.39, 0.29) is 16.9 Å². The smallest absolute Gasteiger partial charge is 0.261 e. The van der Waals surface area contributed by atoms with Crippen molar-refractivity contribution < 1.29 is 14.3 Å². The highest BCUT2D eigenvalue weighted by Crippen LogP contribution is 2.19. The molecule has 0 aliphatic heterocycles. The number of rotatable bonds is 8. The van der Waals surface area contributed by atoms with Crippen LogP contribution in [0.2, 0.25) is 0 Å². The summed E-state index contributed by atoms with van der Waals surface area (Å²) in [5.41, 5.74) is 2.49. The molecule has 0 saturated heterocycles. The van der Waals surface area contributed by atoms with Crippen molar-refractivity contribution in [3.63, 3.8) is 0 Å². The summed E-state index contributed by atoms with van der Waals surface area (Å²) in [7, 11) is 0. The van der Waals surface area contributed by atoms with Gasteiger partial charge in [-0.15, -0.1) is 0 Å². The van der Waals surface area contributed by atoms with Gasteiger partial charge < -0.3 is 15.4 Å². The van der Waals surface area contributed by atoms with E-state index >= 15 is 0 Å². The van der Waals surface area contributed by atoms with Crippen LogP contribution >= 0.6 is 12.2 Å². The number of para-hydroxylation sites is 1. The van der Waals surface area contributed by atoms with E-state index in [1.54, 1.807) is 42.5 Å². The standard InChI is InChI=1S/C26H27N3O3S/c1-18(2)17-32-23-14-7-6-13-22(23)25(31)29-26(33)28-21-12-8-11-20(15-21)24(30)27-16-19-9-4-3-5-10-19/h3-15,18H,16-17H2,1-2H3,(H,27,30)(H2,28,29,31,33). The Hall–Kier alpha value is -3.71. The van der Waals surface area contributed by atoms with Crippen LogP contribution in [0, 0.1) is 5.92 Å². The first-order chi connectivity index (χ1) is 15.9. The molecule has 170 valence electrons. The number of anilines is 1. The highest BCUT2D eigenvalue weighted by atomic mass is 32.1. The molecule has 0 aromatic heterocycles. The number of thiocarbonyl (C=S) groups is 1. The Bertz CT molecular complexity index is 1120. The number of ether oxygens (including phenoxy) is 1. The maximum atomic E-state index is 12.7. The molecule has 6 nitrogen and oxygen atoms in total. The highest BCUT2D eigenvalue weighted by molar-refractivity contribution is 7.80. The van der Waals surface area contributed by atoms with Crippen molar-refractivity contribution in [2.75, 3.05) is 11.9 Å². The monoisotopic (exact) mass is 461 g/mol. The molecule has 3 aromatic carbocycles. The maximum absolute atomic E-state index is 12.7. The molecule has 3 N–H and O–H groups in total. The van der Waals surface area contributed by atoms with Crippen LogP contribution in [-0.2, 0) is 6.54 Å². The Morgan fingerprint density at radius 1 is 0.909 bits per heavy atom. The first-order valence-corrected chi connectivity index (χ1v) is 11.1. The van der Waals surface area contributed by atoms with Gasteiger partial charge in [0, 0.05) is 17.8 Å². The summed E-state index contributed by atoms with van der Waals surface area (Å²) in [5, 5.41) is 8.65. The Morgan fingerprint density at radius 2 is 1.64 bits per heavy atom. The van der Waals surface area contributed by atoms with E-state index in [1.165, 1.54) is 0 Å². The molecule has 0 spiro atoms. The zero-order valence-corrected chi connectivity index (χ0v) is 19.4. The van der Waals surface area contributed by atoms with Crippen molar-refractivity contribution in [1.29, 1.82) is 0 Å². The lowest BCUT2D eigenvalue weighted by Gasteiger charge is -2.14. The zero-order valence-electron chi connectivity index (χ0n) is 18.6. The molecule has 0 unspecified atom stereocenters. The summed E-state index contributed by atoms with van der Waals surface area (Å²) < 4.78 is 5.75. The summed E-state index contributed by atoms with van der Waals surface area (Å²) in [6.07, 6.45) is 0. The van der Waals surface area contributed by atoms with E-state index in [4.69, 9.17) is 17.0 Å². The lowest BCUT2D eigenvalue weighted by Crippen LogP contribution is -2.34. The summed E-state index contributed by atoms with van der Waals surface area (Å²) in [6, 6.07) is 23.6. The maximum Gasteiger partial charge on any atom is 0.261 e. The van der Waals surface area contributed by atoms with Gasteiger partial charge in [-0.1, -0.05) is 62.4 Å². The van der Waals surface area contributed by atoms with Gasteiger partial charge in [-0.05, 0) is 54.0 Å². The number of hydrogen-bond donors (Lipinski definition) is 3. The Balaban J connectivity index is 1.58. The molecule has 3 rings (SSSR count). The molecule has 2 amide bonds. The van der Waals surface area contributed by atoms with Crippen LogP contribution < -0.4 is 20.7 Å². The largest absolute Gasteiger partial charge is 0.492 e. The van der Waals surface area contributed by atoms with Crippen LogP contribution in [0.1, 0.15) is 40.1 Å². The molecule has 0 bridgehead atoms. The molecule has 0 heterocycles. The van der Waals surface area contributed by atoms with Gasteiger partial charge in [0.2, 0.25) is 0 Å². The molecule has 0 saturated carbocycles. The normalized spacial score (nSPS) is 10.4. The second kappa shape index (κ2) is 11.8. The third-order valence-electron chi connectivity index (χ3n) is 4.61. The van der Waals surface area contributed by atoms with Crippen molar-refractivity contribution in [1.82, 2.24) is 10.6 Å². The highest BCUT2D eigenvalue weighted by Gasteiger charge is 2.14. The van der Waals surface area contributed by atoms with Gasteiger partial charge >= 0.3 is 0 Å². The SMILES string of the molecule is CC(C)COc1ccccc1C(=O)NC(=S)Nc1cccc(C(=O)NCc2ccccc2)c1.